The molecule has 0 spiro atoms. The van der Waals surface area contributed by atoms with Crippen LogP contribution >= 0.6 is 0 Å². The highest BCUT2D eigenvalue weighted by Gasteiger charge is 2.56. The molecule has 88 valence electrons. The van der Waals surface area contributed by atoms with Gasteiger partial charge in [0.2, 0.25) is 0 Å². The first-order chi connectivity index (χ1) is 7.24. The zero-order valence-corrected chi connectivity index (χ0v) is 9.18. The molecule has 0 bridgehead atoms. The number of nitrogens with two attached hydrogens (primary N) is 1. The summed E-state index contributed by atoms with van der Waals surface area (Å²) in [6.45, 7) is 3.95. The maximum absolute atomic E-state index is 12.5. The highest BCUT2D eigenvalue weighted by Crippen LogP contribution is 2.57. The number of rotatable bonds is 1. The lowest BCUT2D eigenvalue weighted by Crippen LogP contribution is -2.07. The molecule has 1 fully saturated rings. The highest BCUT2D eigenvalue weighted by atomic mass is 19.4. The van der Waals surface area contributed by atoms with Crippen LogP contribution in [0.4, 0.5) is 13.2 Å². The number of alkyl halides is 3. The lowest BCUT2D eigenvalue weighted by Gasteiger charge is -2.09. The van der Waals surface area contributed by atoms with E-state index in [1.807, 2.05) is 13.8 Å². The van der Waals surface area contributed by atoms with Crippen LogP contribution in [-0.4, -0.2) is 6.04 Å². The zero-order chi connectivity index (χ0) is 12.1. The van der Waals surface area contributed by atoms with Crippen LogP contribution in [-0.2, 0) is 6.18 Å². The van der Waals surface area contributed by atoms with E-state index in [1.54, 1.807) is 6.07 Å². The van der Waals surface area contributed by atoms with Crippen LogP contribution in [0.5, 0.6) is 0 Å². The molecule has 2 N–H and O–H groups in total. The molecule has 1 nitrogen and oxygen atoms in total. The summed E-state index contributed by atoms with van der Waals surface area (Å²) in [5, 5.41) is 0. The average molecular weight is 229 g/mol. The van der Waals surface area contributed by atoms with Gasteiger partial charge in [-0.25, -0.2) is 0 Å². The Balaban J connectivity index is 2.32. The number of halogens is 3. The largest absolute Gasteiger partial charge is 0.416 e. The lowest BCUT2D eigenvalue weighted by molar-refractivity contribution is -0.137. The Hall–Kier alpha value is -1.03. The first-order valence-corrected chi connectivity index (χ1v) is 5.17. The van der Waals surface area contributed by atoms with Crippen molar-refractivity contribution in [1.82, 2.24) is 0 Å². The number of benzene rings is 1. The van der Waals surface area contributed by atoms with Crippen LogP contribution in [0.1, 0.15) is 30.9 Å². The molecule has 1 aromatic rings. The molecular formula is C12H14F3N. The van der Waals surface area contributed by atoms with Gasteiger partial charge in [0.1, 0.15) is 0 Å². The van der Waals surface area contributed by atoms with Crippen LogP contribution in [0.15, 0.2) is 24.3 Å². The van der Waals surface area contributed by atoms with Gasteiger partial charge in [-0.1, -0.05) is 32.0 Å². The van der Waals surface area contributed by atoms with Crippen LogP contribution in [0.2, 0.25) is 0 Å². The third kappa shape index (κ3) is 1.71. The first kappa shape index (κ1) is 11.5. The molecule has 1 aliphatic rings. The predicted molar refractivity (Wildman–Crippen MR) is 55.9 cm³/mol. The van der Waals surface area contributed by atoms with Crippen molar-refractivity contribution in [3.05, 3.63) is 35.4 Å². The monoisotopic (exact) mass is 229 g/mol. The first-order valence-electron chi connectivity index (χ1n) is 5.17. The van der Waals surface area contributed by atoms with Crippen molar-refractivity contribution >= 4 is 0 Å². The second kappa shape index (κ2) is 3.23. The number of hydrogen-bond acceptors (Lipinski definition) is 1. The van der Waals surface area contributed by atoms with Gasteiger partial charge in [-0.05, 0) is 17.0 Å². The molecule has 1 aliphatic carbocycles. The Bertz CT molecular complexity index is 409. The molecule has 0 amide bonds. The molecule has 0 heterocycles. The van der Waals surface area contributed by atoms with Crippen molar-refractivity contribution in [2.45, 2.75) is 32.0 Å². The summed E-state index contributed by atoms with van der Waals surface area (Å²) in [4.78, 5) is 0. The van der Waals surface area contributed by atoms with Gasteiger partial charge in [0.05, 0.1) is 5.56 Å². The van der Waals surface area contributed by atoms with E-state index >= 15 is 0 Å². The van der Waals surface area contributed by atoms with E-state index in [0.29, 0.717) is 5.56 Å². The minimum absolute atomic E-state index is 0.0369. The standard InChI is InChI=1S/C12H14F3N/c1-11(2)9(10(11)16)7-4-3-5-8(6-7)12(13,14)15/h3-6,9-10H,16H2,1-2H3/t9-,10-/m1/s1. The van der Waals surface area contributed by atoms with E-state index in [9.17, 15) is 13.2 Å². The summed E-state index contributed by atoms with van der Waals surface area (Å²) in [5.41, 5.74) is 5.85. The Morgan fingerprint density at radius 2 is 1.81 bits per heavy atom. The SMILES string of the molecule is CC1(C)[C@H](N)[C@H]1c1cccc(C(F)(F)F)c1. The molecule has 1 aromatic carbocycles. The van der Waals surface area contributed by atoms with Gasteiger partial charge in [-0.3, -0.25) is 0 Å². The molecule has 2 atom stereocenters. The zero-order valence-electron chi connectivity index (χ0n) is 9.18. The van der Waals surface area contributed by atoms with E-state index in [1.165, 1.54) is 12.1 Å². The van der Waals surface area contributed by atoms with Gasteiger partial charge in [0.25, 0.3) is 0 Å². The molecule has 0 aliphatic heterocycles. The molecule has 2 rings (SSSR count). The summed E-state index contributed by atoms with van der Waals surface area (Å²) in [6, 6.07) is 5.41. The van der Waals surface area contributed by atoms with Crippen molar-refractivity contribution in [2.24, 2.45) is 11.1 Å². The normalized spacial score (nSPS) is 27.9. The third-order valence-electron chi connectivity index (χ3n) is 3.48. The minimum Gasteiger partial charge on any atom is -0.327 e. The number of hydrogen-bond donors (Lipinski definition) is 1. The molecule has 0 saturated heterocycles. The smallest absolute Gasteiger partial charge is 0.327 e. The van der Waals surface area contributed by atoms with Gasteiger partial charge < -0.3 is 5.73 Å². The molecule has 16 heavy (non-hydrogen) atoms. The topological polar surface area (TPSA) is 26.0 Å². The fraction of sp³-hybridized carbons (Fsp3) is 0.500. The molecule has 0 unspecified atom stereocenters. The van der Waals surface area contributed by atoms with E-state index < -0.39 is 11.7 Å². The van der Waals surface area contributed by atoms with Crippen molar-refractivity contribution < 1.29 is 13.2 Å². The Labute approximate surface area is 92.5 Å². The average Bonchev–Trinajstić information content (AvgIpc) is 2.65. The van der Waals surface area contributed by atoms with E-state index in [-0.39, 0.29) is 17.4 Å². The van der Waals surface area contributed by atoms with Crippen molar-refractivity contribution in [3.8, 4) is 0 Å². The summed E-state index contributed by atoms with van der Waals surface area (Å²) in [5.74, 6) is 0.0369. The van der Waals surface area contributed by atoms with Gasteiger partial charge in [0.15, 0.2) is 0 Å². The Morgan fingerprint density at radius 3 is 2.25 bits per heavy atom. The fourth-order valence-electron chi connectivity index (χ4n) is 2.22. The van der Waals surface area contributed by atoms with Crippen LogP contribution in [0, 0.1) is 5.41 Å². The molecular weight excluding hydrogens is 215 g/mol. The molecule has 0 radical (unpaired) electrons. The lowest BCUT2D eigenvalue weighted by atomic mass is 10.0. The van der Waals surface area contributed by atoms with Gasteiger partial charge in [-0.15, -0.1) is 0 Å². The third-order valence-corrected chi connectivity index (χ3v) is 3.48. The Kier molecular flexibility index (Phi) is 2.31. The van der Waals surface area contributed by atoms with Crippen LogP contribution in [0.3, 0.4) is 0 Å². The highest BCUT2D eigenvalue weighted by molar-refractivity contribution is 5.37. The van der Waals surface area contributed by atoms with E-state index in [2.05, 4.69) is 0 Å². The second-order valence-corrected chi connectivity index (χ2v) is 4.95. The molecule has 0 aromatic heterocycles. The van der Waals surface area contributed by atoms with E-state index in [4.69, 9.17) is 5.73 Å². The Morgan fingerprint density at radius 1 is 1.25 bits per heavy atom. The molecule has 4 heteroatoms. The minimum atomic E-state index is -4.28. The maximum Gasteiger partial charge on any atom is 0.416 e. The summed E-state index contributed by atoms with van der Waals surface area (Å²) in [6.07, 6.45) is -4.28. The maximum atomic E-state index is 12.5. The summed E-state index contributed by atoms with van der Waals surface area (Å²) < 4.78 is 37.5. The molecule has 1 saturated carbocycles. The van der Waals surface area contributed by atoms with Gasteiger partial charge in [0, 0.05) is 12.0 Å². The van der Waals surface area contributed by atoms with Crippen LogP contribution in [0.25, 0.3) is 0 Å². The fourth-order valence-corrected chi connectivity index (χ4v) is 2.22. The summed E-state index contributed by atoms with van der Waals surface area (Å²) >= 11 is 0. The van der Waals surface area contributed by atoms with Crippen LogP contribution < -0.4 is 5.73 Å². The quantitative estimate of drug-likeness (QED) is 0.786. The summed E-state index contributed by atoms with van der Waals surface area (Å²) in [7, 11) is 0. The van der Waals surface area contributed by atoms with Crippen molar-refractivity contribution in [2.75, 3.05) is 0 Å². The predicted octanol–water partition coefficient (Wildman–Crippen LogP) is 3.16. The van der Waals surface area contributed by atoms with Gasteiger partial charge >= 0.3 is 6.18 Å². The second-order valence-electron chi connectivity index (χ2n) is 4.95. The van der Waals surface area contributed by atoms with Crippen molar-refractivity contribution in [1.29, 1.82) is 0 Å². The van der Waals surface area contributed by atoms with Crippen molar-refractivity contribution in [3.63, 3.8) is 0 Å². The van der Waals surface area contributed by atoms with E-state index in [0.717, 1.165) is 6.07 Å². The van der Waals surface area contributed by atoms with Gasteiger partial charge in [-0.2, -0.15) is 13.2 Å².